The predicted octanol–water partition coefficient (Wildman–Crippen LogP) is 5.40. The second-order valence-corrected chi connectivity index (χ2v) is 7.46. The van der Waals surface area contributed by atoms with Gasteiger partial charge in [0.15, 0.2) is 0 Å². The van der Waals surface area contributed by atoms with Crippen molar-refractivity contribution in [1.82, 2.24) is 5.43 Å². The summed E-state index contributed by atoms with van der Waals surface area (Å²) in [5, 5.41) is 8.58. The standard InChI is InChI=1S/C21H19F3N2O3S/c22-21(23,24)20-18(14-4-2-1-3-5-14)12-17(30-20)13-29-16-8-6-15(7-9-16)26-25-11-10-19(27)28/h1-9,12,25-26H,10-11,13H2,(H,27,28). The minimum Gasteiger partial charge on any atom is -0.488 e. The van der Waals surface area contributed by atoms with E-state index >= 15 is 0 Å². The molecule has 0 saturated carbocycles. The molecule has 1 heterocycles. The Morgan fingerprint density at radius 2 is 1.77 bits per heavy atom. The van der Waals surface area contributed by atoms with Crippen molar-refractivity contribution in [2.24, 2.45) is 0 Å². The lowest BCUT2D eigenvalue weighted by atomic mass is 10.1. The number of aliphatic carboxylic acids is 1. The van der Waals surface area contributed by atoms with Crippen molar-refractivity contribution >= 4 is 23.0 Å². The van der Waals surface area contributed by atoms with Crippen LogP contribution in [-0.2, 0) is 17.6 Å². The number of carboxylic acid groups (broad SMARTS) is 1. The first-order valence-corrected chi connectivity index (χ1v) is 9.83. The normalized spacial score (nSPS) is 11.3. The minimum absolute atomic E-state index is 0.0140. The van der Waals surface area contributed by atoms with Gasteiger partial charge in [-0.15, -0.1) is 11.3 Å². The summed E-state index contributed by atoms with van der Waals surface area (Å²) in [5.41, 5.74) is 6.99. The van der Waals surface area contributed by atoms with E-state index in [9.17, 15) is 18.0 Å². The van der Waals surface area contributed by atoms with Gasteiger partial charge in [0.1, 0.15) is 17.2 Å². The third-order valence-corrected chi connectivity index (χ3v) is 5.21. The van der Waals surface area contributed by atoms with Gasteiger partial charge in [-0.05, 0) is 35.9 Å². The number of hydrogen-bond acceptors (Lipinski definition) is 5. The highest BCUT2D eigenvalue weighted by atomic mass is 32.1. The number of alkyl halides is 3. The van der Waals surface area contributed by atoms with Gasteiger partial charge in [-0.1, -0.05) is 30.3 Å². The van der Waals surface area contributed by atoms with E-state index in [1.54, 1.807) is 54.6 Å². The van der Waals surface area contributed by atoms with Crippen LogP contribution in [0.1, 0.15) is 16.2 Å². The van der Waals surface area contributed by atoms with Gasteiger partial charge in [-0.25, -0.2) is 5.43 Å². The summed E-state index contributed by atoms with van der Waals surface area (Å²) in [5.74, 6) is -0.389. The van der Waals surface area contributed by atoms with Crippen LogP contribution in [0.15, 0.2) is 60.7 Å². The molecule has 0 aliphatic carbocycles. The van der Waals surface area contributed by atoms with E-state index < -0.39 is 17.0 Å². The molecule has 0 bridgehead atoms. The molecular formula is C21H19F3N2O3S. The van der Waals surface area contributed by atoms with Gasteiger partial charge in [0, 0.05) is 22.7 Å². The fraction of sp³-hybridized carbons (Fsp3) is 0.190. The Hall–Kier alpha value is -3.04. The molecule has 0 unspecified atom stereocenters. The van der Waals surface area contributed by atoms with E-state index in [0.29, 0.717) is 33.2 Å². The topological polar surface area (TPSA) is 70.6 Å². The summed E-state index contributed by atoms with van der Waals surface area (Å²) >= 11 is 0.679. The second kappa shape index (κ2) is 9.64. The van der Waals surface area contributed by atoms with E-state index in [-0.39, 0.29) is 25.1 Å². The van der Waals surface area contributed by atoms with Crippen LogP contribution >= 0.6 is 11.3 Å². The lowest BCUT2D eigenvalue weighted by molar-refractivity contribution is -0.137. The zero-order chi connectivity index (χ0) is 21.6. The molecule has 0 aliphatic rings. The van der Waals surface area contributed by atoms with E-state index in [4.69, 9.17) is 9.84 Å². The molecule has 5 nitrogen and oxygen atoms in total. The number of hydrazine groups is 1. The maximum atomic E-state index is 13.5. The van der Waals surface area contributed by atoms with Crippen LogP contribution < -0.4 is 15.6 Å². The van der Waals surface area contributed by atoms with Crippen LogP contribution in [0.25, 0.3) is 11.1 Å². The molecule has 0 fully saturated rings. The Bertz CT molecular complexity index is 973. The highest BCUT2D eigenvalue weighted by molar-refractivity contribution is 7.12. The summed E-state index contributed by atoms with van der Waals surface area (Å²) in [6, 6.07) is 16.8. The van der Waals surface area contributed by atoms with Crippen molar-refractivity contribution in [1.29, 1.82) is 0 Å². The minimum atomic E-state index is -4.44. The number of benzene rings is 2. The molecule has 0 radical (unpaired) electrons. The summed E-state index contributed by atoms with van der Waals surface area (Å²) in [6.07, 6.45) is -4.45. The number of nitrogens with one attached hydrogen (secondary N) is 2. The van der Waals surface area contributed by atoms with Crippen LogP contribution in [0.3, 0.4) is 0 Å². The monoisotopic (exact) mass is 436 g/mol. The Labute approximate surface area is 175 Å². The molecule has 1 aromatic heterocycles. The molecule has 3 rings (SSSR count). The van der Waals surface area contributed by atoms with Crippen LogP contribution in [0.2, 0.25) is 0 Å². The van der Waals surface area contributed by atoms with E-state index in [1.165, 1.54) is 6.07 Å². The van der Waals surface area contributed by atoms with Crippen molar-refractivity contribution in [3.63, 3.8) is 0 Å². The number of ether oxygens (including phenoxy) is 1. The van der Waals surface area contributed by atoms with Crippen LogP contribution in [0.4, 0.5) is 18.9 Å². The summed E-state index contributed by atoms with van der Waals surface area (Å²) in [4.78, 5) is 10.3. The van der Waals surface area contributed by atoms with E-state index in [1.807, 2.05) is 0 Å². The van der Waals surface area contributed by atoms with Gasteiger partial charge in [-0.3, -0.25) is 4.79 Å². The maximum absolute atomic E-state index is 13.5. The van der Waals surface area contributed by atoms with Crippen LogP contribution in [0.5, 0.6) is 5.75 Å². The Kier molecular flexibility index (Phi) is 6.96. The third kappa shape index (κ3) is 5.98. The molecule has 2 aromatic carbocycles. The molecular weight excluding hydrogens is 417 g/mol. The average Bonchev–Trinajstić information content (AvgIpc) is 3.16. The first kappa shape index (κ1) is 21.7. The Morgan fingerprint density at radius 3 is 2.40 bits per heavy atom. The first-order chi connectivity index (χ1) is 14.3. The number of rotatable bonds is 9. The summed E-state index contributed by atoms with van der Waals surface area (Å²) < 4.78 is 46.0. The zero-order valence-electron chi connectivity index (χ0n) is 15.7. The Balaban J connectivity index is 1.63. The smallest absolute Gasteiger partial charge is 0.426 e. The average molecular weight is 436 g/mol. The Morgan fingerprint density at radius 1 is 1.07 bits per heavy atom. The number of carboxylic acids is 1. The lowest BCUT2D eigenvalue weighted by Gasteiger charge is -2.09. The molecule has 0 aliphatic heterocycles. The zero-order valence-corrected chi connectivity index (χ0v) is 16.5. The lowest BCUT2D eigenvalue weighted by Crippen LogP contribution is -2.24. The summed E-state index contributed by atoms with van der Waals surface area (Å²) in [7, 11) is 0. The van der Waals surface area contributed by atoms with Gasteiger partial charge in [0.25, 0.3) is 0 Å². The highest BCUT2D eigenvalue weighted by Gasteiger charge is 2.36. The van der Waals surface area contributed by atoms with Crippen LogP contribution in [-0.4, -0.2) is 17.6 Å². The largest absolute Gasteiger partial charge is 0.488 e. The molecule has 30 heavy (non-hydrogen) atoms. The fourth-order valence-electron chi connectivity index (χ4n) is 2.68. The van der Waals surface area contributed by atoms with Crippen molar-refractivity contribution in [3.8, 4) is 16.9 Å². The van der Waals surface area contributed by atoms with Crippen molar-refractivity contribution in [2.75, 3.05) is 12.0 Å². The van der Waals surface area contributed by atoms with Crippen LogP contribution in [0, 0.1) is 0 Å². The molecule has 0 spiro atoms. The van der Waals surface area contributed by atoms with Gasteiger partial charge in [0.2, 0.25) is 0 Å². The van der Waals surface area contributed by atoms with Gasteiger partial charge < -0.3 is 15.3 Å². The SMILES string of the molecule is O=C(O)CCNNc1ccc(OCc2cc(-c3ccccc3)c(C(F)(F)F)s2)cc1. The predicted molar refractivity (Wildman–Crippen MR) is 109 cm³/mol. The van der Waals surface area contributed by atoms with E-state index in [0.717, 1.165) is 0 Å². The summed E-state index contributed by atoms with van der Waals surface area (Å²) in [6.45, 7) is 0.279. The van der Waals surface area contributed by atoms with Gasteiger partial charge >= 0.3 is 12.1 Å². The number of carbonyl (C=O) groups is 1. The quantitative estimate of drug-likeness (QED) is 0.309. The van der Waals surface area contributed by atoms with Crippen molar-refractivity contribution in [2.45, 2.75) is 19.2 Å². The molecule has 0 atom stereocenters. The highest BCUT2D eigenvalue weighted by Crippen LogP contribution is 2.43. The maximum Gasteiger partial charge on any atom is 0.426 e. The molecule has 0 amide bonds. The van der Waals surface area contributed by atoms with Gasteiger partial charge in [0.05, 0.1) is 6.42 Å². The number of halogens is 3. The molecule has 3 N–H and O–H groups in total. The van der Waals surface area contributed by atoms with E-state index in [2.05, 4.69) is 10.9 Å². The van der Waals surface area contributed by atoms with Crippen molar-refractivity contribution < 1.29 is 27.8 Å². The first-order valence-electron chi connectivity index (χ1n) is 9.02. The van der Waals surface area contributed by atoms with Crippen molar-refractivity contribution in [3.05, 3.63) is 70.4 Å². The molecule has 158 valence electrons. The molecule has 9 heteroatoms. The second-order valence-electron chi connectivity index (χ2n) is 6.33. The number of thiophene rings is 1. The van der Waals surface area contributed by atoms with Gasteiger partial charge in [-0.2, -0.15) is 13.2 Å². The molecule has 3 aromatic rings. The number of anilines is 1. The third-order valence-electron chi connectivity index (χ3n) is 4.06. The fourth-order valence-corrected chi connectivity index (χ4v) is 3.64. The molecule has 0 saturated heterocycles. The number of hydrogen-bond donors (Lipinski definition) is 3.